The van der Waals surface area contributed by atoms with E-state index in [4.69, 9.17) is 15.0 Å². The summed E-state index contributed by atoms with van der Waals surface area (Å²) in [4.78, 5) is 16.2. The largest absolute Gasteiger partial charge is 0.208 e. The van der Waals surface area contributed by atoms with E-state index < -0.39 is 16.1 Å². The number of hydrogen-bond acceptors (Lipinski definition) is 3. The Morgan fingerprint density at radius 3 is 1.44 bits per heavy atom. The molecule has 0 unspecified atom stereocenters. The molecule has 2 aliphatic heterocycles. The molecule has 12 rings (SSSR count). The van der Waals surface area contributed by atoms with Crippen molar-refractivity contribution in [3.05, 3.63) is 224 Å². The van der Waals surface area contributed by atoms with Crippen molar-refractivity contribution >= 4 is 47.3 Å². The van der Waals surface area contributed by atoms with Gasteiger partial charge in [-0.1, -0.05) is 231 Å². The maximum Gasteiger partial charge on any atom is 0.180 e. The first-order chi connectivity index (χ1) is 31.5. The molecule has 5 heteroatoms. The second-order valence-electron chi connectivity index (χ2n) is 17.5. The molecule has 0 spiro atoms. The van der Waals surface area contributed by atoms with Gasteiger partial charge in [0.25, 0.3) is 0 Å². The van der Waals surface area contributed by atoms with Crippen LogP contribution in [0.15, 0.2) is 224 Å². The fourth-order valence-corrected chi connectivity index (χ4v) is 19.0. The van der Waals surface area contributed by atoms with Crippen molar-refractivity contribution in [3.63, 3.8) is 0 Å². The summed E-state index contributed by atoms with van der Waals surface area (Å²) in [6.45, 7) is 4.95. The Hall–Kier alpha value is -7.58. The van der Waals surface area contributed by atoms with Gasteiger partial charge in [0.05, 0.1) is 0 Å². The Morgan fingerprint density at radius 2 is 0.781 bits per heavy atom. The highest BCUT2D eigenvalue weighted by molar-refractivity contribution is 7.22. The molecule has 0 saturated heterocycles. The van der Waals surface area contributed by atoms with Crippen LogP contribution in [0.2, 0.25) is 13.1 Å². The summed E-state index contributed by atoms with van der Waals surface area (Å²) in [5.74, 6) is 1.97. The topological polar surface area (TPSA) is 38.7 Å². The predicted molar refractivity (Wildman–Crippen MR) is 272 cm³/mol. The van der Waals surface area contributed by atoms with Gasteiger partial charge in [-0.2, -0.15) is 0 Å². The molecule has 0 radical (unpaired) electrons. The van der Waals surface area contributed by atoms with E-state index in [-0.39, 0.29) is 0 Å². The normalized spacial score (nSPS) is 13.7. The van der Waals surface area contributed by atoms with E-state index in [1.807, 2.05) is 6.07 Å². The molecule has 64 heavy (non-hydrogen) atoms. The maximum atomic E-state index is 5.52. The summed E-state index contributed by atoms with van der Waals surface area (Å²) in [6, 6.07) is 82.1. The lowest BCUT2D eigenvalue weighted by Crippen LogP contribution is -2.72. The van der Waals surface area contributed by atoms with Crippen LogP contribution in [0.1, 0.15) is 0 Å². The first kappa shape index (κ1) is 38.1. The molecule has 0 bridgehead atoms. The van der Waals surface area contributed by atoms with Gasteiger partial charge in [-0.05, 0) is 76.1 Å². The molecule has 9 aromatic carbocycles. The van der Waals surface area contributed by atoms with Gasteiger partial charge in [0.2, 0.25) is 0 Å². The number of hydrogen-bond donors (Lipinski definition) is 0. The minimum absolute atomic E-state index is 0.651. The molecule has 0 saturated carbocycles. The zero-order chi connectivity index (χ0) is 42.8. The molecule has 0 amide bonds. The lowest BCUT2D eigenvalue weighted by Gasteiger charge is -2.31. The molecule has 0 fully saturated rings. The van der Waals surface area contributed by atoms with Crippen LogP contribution in [-0.2, 0) is 0 Å². The van der Waals surface area contributed by atoms with Crippen molar-refractivity contribution in [2.45, 2.75) is 13.1 Å². The molecule has 0 N–H and O–H groups in total. The van der Waals surface area contributed by atoms with E-state index in [1.54, 1.807) is 0 Å². The highest BCUT2D eigenvalue weighted by atomic mass is 28.3. The molecule has 0 atom stereocenters. The van der Waals surface area contributed by atoms with Gasteiger partial charge in [-0.25, -0.2) is 15.0 Å². The average molecular weight is 850 g/mol. The standard InChI is InChI=1S/C59H43N3Si2/c1-63(2)50-33-19-18-31-47(50)56-52(63)38-36-48(54(56)41-23-10-4-11-24-41)59-61-57(42-25-12-5-13-26-42)60-58(62-59)43-35-37-51-49(39-43)55-46(40-21-8-3-9-22-40)32-20-34-53(55)64(51,44-27-14-6-15-28-44)45-29-16-7-17-30-45/h3-39H,1-2H3. The predicted octanol–water partition coefficient (Wildman–Crippen LogP) is 10.4. The molecular weight excluding hydrogens is 807 g/mol. The third-order valence-corrected chi connectivity index (χ3v) is 22.1. The summed E-state index contributed by atoms with van der Waals surface area (Å²) >= 11 is 0. The van der Waals surface area contributed by atoms with Crippen LogP contribution in [0.5, 0.6) is 0 Å². The minimum Gasteiger partial charge on any atom is -0.208 e. The number of nitrogens with zero attached hydrogens (tertiary/aromatic N) is 3. The van der Waals surface area contributed by atoms with E-state index in [1.165, 1.54) is 70.1 Å². The van der Waals surface area contributed by atoms with Gasteiger partial charge in [-0.15, -0.1) is 0 Å². The number of rotatable bonds is 7. The second-order valence-corrected chi connectivity index (χ2v) is 25.5. The fraction of sp³-hybridized carbons (Fsp3) is 0.0339. The molecule has 10 aromatic rings. The van der Waals surface area contributed by atoms with E-state index in [0.717, 1.165) is 22.3 Å². The highest BCUT2D eigenvalue weighted by Gasteiger charge is 2.49. The van der Waals surface area contributed by atoms with Gasteiger partial charge >= 0.3 is 0 Å². The third kappa shape index (κ3) is 5.82. The van der Waals surface area contributed by atoms with Crippen molar-refractivity contribution in [3.8, 4) is 78.7 Å². The molecule has 3 heterocycles. The van der Waals surface area contributed by atoms with Crippen molar-refractivity contribution in [1.82, 2.24) is 15.0 Å². The molecule has 302 valence electrons. The minimum atomic E-state index is -2.79. The van der Waals surface area contributed by atoms with Crippen molar-refractivity contribution in [2.75, 3.05) is 0 Å². The van der Waals surface area contributed by atoms with E-state index in [9.17, 15) is 0 Å². The second kappa shape index (κ2) is 15.1. The van der Waals surface area contributed by atoms with Crippen LogP contribution >= 0.6 is 0 Å². The van der Waals surface area contributed by atoms with Crippen LogP contribution < -0.4 is 31.1 Å². The summed E-state index contributed by atoms with van der Waals surface area (Å²) in [5.41, 5.74) is 12.8. The van der Waals surface area contributed by atoms with Gasteiger partial charge in [0.15, 0.2) is 25.5 Å². The third-order valence-electron chi connectivity index (χ3n) is 13.6. The number of aromatic nitrogens is 3. The average Bonchev–Trinajstić information content (AvgIpc) is 3.80. The zero-order valence-electron chi connectivity index (χ0n) is 35.7. The SMILES string of the molecule is C[Si]1(C)c2ccccc2-c2c1ccc(-c1nc(-c3ccccc3)nc(-c3ccc4c(c3)-c3c(-c5ccccc5)cccc3[Si]4(c3ccccc3)c3ccccc3)n1)c2-c1ccccc1. The van der Waals surface area contributed by atoms with Crippen LogP contribution in [0.3, 0.4) is 0 Å². The molecule has 1 aromatic heterocycles. The van der Waals surface area contributed by atoms with E-state index in [2.05, 4.69) is 231 Å². The first-order valence-corrected chi connectivity index (χ1v) is 27.1. The van der Waals surface area contributed by atoms with E-state index >= 15 is 0 Å². The summed E-state index contributed by atoms with van der Waals surface area (Å²) in [7, 11) is -4.76. The quantitative estimate of drug-likeness (QED) is 0.150. The number of fused-ring (bicyclic) bond motifs is 6. The van der Waals surface area contributed by atoms with Gasteiger partial charge < -0.3 is 0 Å². The van der Waals surface area contributed by atoms with Crippen molar-refractivity contribution in [2.24, 2.45) is 0 Å². The fourth-order valence-electron chi connectivity index (χ4n) is 10.8. The Morgan fingerprint density at radius 1 is 0.281 bits per heavy atom. The Bertz CT molecular complexity index is 3350. The molecule has 2 aliphatic rings. The Balaban J connectivity index is 1.14. The summed E-state index contributed by atoms with van der Waals surface area (Å²) in [5, 5.41) is 8.43. The van der Waals surface area contributed by atoms with E-state index in [0.29, 0.717) is 17.5 Å². The van der Waals surface area contributed by atoms with Gasteiger partial charge in [-0.3, -0.25) is 0 Å². The number of benzene rings is 9. The van der Waals surface area contributed by atoms with Crippen LogP contribution in [0.25, 0.3) is 78.7 Å². The van der Waals surface area contributed by atoms with Crippen molar-refractivity contribution in [1.29, 1.82) is 0 Å². The summed E-state index contributed by atoms with van der Waals surface area (Å²) in [6.07, 6.45) is 0. The van der Waals surface area contributed by atoms with Crippen molar-refractivity contribution < 1.29 is 0 Å². The highest BCUT2D eigenvalue weighted by Crippen LogP contribution is 2.43. The zero-order valence-corrected chi connectivity index (χ0v) is 37.7. The molecular formula is C59H43N3Si2. The lowest BCUT2D eigenvalue weighted by molar-refractivity contribution is 1.07. The van der Waals surface area contributed by atoms with Crippen LogP contribution in [0.4, 0.5) is 0 Å². The summed E-state index contributed by atoms with van der Waals surface area (Å²) < 4.78 is 0. The smallest absolute Gasteiger partial charge is 0.180 e. The molecule has 0 aliphatic carbocycles. The maximum absolute atomic E-state index is 5.52. The Labute approximate surface area is 376 Å². The van der Waals surface area contributed by atoms with Gasteiger partial charge in [0, 0.05) is 22.3 Å². The lowest BCUT2D eigenvalue weighted by atomic mass is 9.90. The monoisotopic (exact) mass is 849 g/mol. The van der Waals surface area contributed by atoms with Crippen LogP contribution in [-0.4, -0.2) is 31.1 Å². The van der Waals surface area contributed by atoms with Crippen LogP contribution in [0, 0.1) is 0 Å². The molecule has 3 nitrogen and oxygen atoms in total. The first-order valence-electron chi connectivity index (χ1n) is 22.1. The van der Waals surface area contributed by atoms with Gasteiger partial charge in [0.1, 0.15) is 8.07 Å². The Kier molecular flexibility index (Phi) is 8.97.